The lowest BCUT2D eigenvalue weighted by atomic mass is 9.79. The van der Waals surface area contributed by atoms with E-state index in [1.54, 1.807) is 25.0 Å². The van der Waals surface area contributed by atoms with Crippen molar-refractivity contribution < 1.29 is 55.1 Å². The SMILES string of the molecule is C[C@@H](O)[C@H]1C(=O)N2C(C(=O)OCc3ccc([N+](=O)[O-])cc3)=C(SC3CC[n+]4cnn(C)c43)[C@H](C)[C@H]12.O=S(=O)([O-])C(F)(F)F. The van der Waals surface area contributed by atoms with Crippen LogP contribution in [0.5, 0.6) is 0 Å². The highest BCUT2D eigenvalue weighted by molar-refractivity contribution is 8.03. The predicted molar refractivity (Wildman–Crippen MR) is 139 cm³/mol. The normalized spacial score (nSPS) is 23.6. The maximum atomic E-state index is 13.3. The molecule has 1 aromatic heterocycles. The molecule has 3 aliphatic heterocycles. The first kappa shape index (κ1) is 32.4. The van der Waals surface area contributed by atoms with Gasteiger partial charge in [-0.15, -0.1) is 16.4 Å². The van der Waals surface area contributed by atoms with E-state index in [-0.39, 0.29) is 41.1 Å². The van der Waals surface area contributed by atoms with E-state index in [1.165, 1.54) is 29.2 Å². The number of carbonyl (C=O) groups excluding carboxylic acids is 2. The summed E-state index contributed by atoms with van der Waals surface area (Å²) in [7, 11) is -4.20. The summed E-state index contributed by atoms with van der Waals surface area (Å²) in [6, 6.07) is 5.48. The van der Waals surface area contributed by atoms with Crippen molar-refractivity contribution in [3.05, 3.63) is 62.7 Å². The number of nitro groups is 1. The second-order valence-electron chi connectivity index (χ2n) is 10.1. The van der Waals surface area contributed by atoms with Gasteiger partial charge in [0.25, 0.3) is 12.0 Å². The molecular weight excluding hydrogens is 623 g/mol. The van der Waals surface area contributed by atoms with Gasteiger partial charge in [-0.05, 0) is 24.6 Å². The van der Waals surface area contributed by atoms with E-state index in [0.29, 0.717) is 5.56 Å². The van der Waals surface area contributed by atoms with Crippen LogP contribution in [0, 0.1) is 22.0 Å². The van der Waals surface area contributed by atoms with E-state index >= 15 is 0 Å². The summed E-state index contributed by atoms with van der Waals surface area (Å²) in [5.74, 6) is -0.557. The Bertz CT molecular complexity index is 1580. The number of alkyl halides is 3. The second-order valence-corrected chi connectivity index (χ2v) is 12.7. The molecule has 0 spiro atoms. The minimum absolute atomic E-state index is 0.0479. The van der Waals surface area contributed by atoms with Crippen molar-refractivity contribution in [3.8, 4) is 0 Å². The van der Waals surface area contributed by atoms with Gasteiger partial charge in [-0.25, -0.2) is 17.8 Å². The van der Waals surface area contributed by atoms with E-state index in [1.807, 2.05) is 18.7 Å². The molecule has 0 aliphatic carbocycles. The number of halogens is 3. The number of thioether (sulfide) groups is 1. The van der Waals surface area contributed by atoms with Gasteiger partial charge in [-0.1, -0.05) is 6.92 Å². The third-order valence-corrected chi connectivity index (χ3v) is 9.40. The lowest BCUT2D eigenvalue weighted by Gasteiger charge is -2.46. The molecule has 0 radical (unpaired) electrons. The Balaban J connectivity index is 0.000000467. The molecule has 3 aliphatic rings. The van der Waals surface area contributed by atoms with Crippen LogP contribution in [-0.4, -0.2) is 67.2 Å². The van der Waals surface area contributed by atoms with Gasteiger partial charge >= 0.3 is 11.5 Å². The van der Waals surface area contributed by atoms with E-state index in [9.17, 15) is 38.0 Å². The highest BCUT2D eigenvalue weighted by Crippen LogP contribution is 2.54. The van der Waals surface area contributed by atoms with Crippen LogP contribution in [0.2, 0.25) is 0 Å². The number of esters is 1. The Kier molecular flexibility index (Phi) is 8.92. The largest absolute Gasteiger partial charge is 0.741 e. The first-order valence-corrected chi connectivity index (χ1v) is 15.0. The van der Waals surface area contributed by atoms with Gasteiger partial charge in [0.2, 0.25) is 11.7 Å². The molecule has 2 aromatic rings. The lowest BCUT2D eigenvalue weighted by molar-refractivity contribution is -0.691. The summed E-state index contributed by atoms with van der Waals surface area (Å²) < 4.78 is 68.4. The molecule has 1 fully saturated rings. The zero-order valence-corrected chi connectivity index (χ0v) is 24.4. The number of non-ortho nitro benzene ring substituents is 1. The molecule has 1 N–H and O–H groups in total. The summed E-state index contributed by atoms with van der Waals surface area (Å²) >= 11 is 1.56. The molecule has 5 rings (SSSR count). The van der Waals surface area contributed by atoms with E-state index in [0.717, 1.165) is 23.7 Å². The van der Waals surface area contributed by atoms with Crippen molar-refractivity contribution in [1.82, 2.24) is 14.7 Å². The Labute approximate surface area is 247 Å². The monoisotopic (exact) mass is 649 g/mol. The number of aliphatic hydroxyl groups excluding tert-OH is 1. The number of carbonyl (C=O) groups is 2. The average molecular weight is 650 g/mol. The number of benzene rings is 1. The van der Waals surface area contributed by atoms with Crippen molar-refractivity contribution in [2.45, 2.75) is 56.3 Å². The number of ether oxygens (including phenoxy) is 1. The van der Waals surface area contributed by atoms with E-state index in [4.69, 9.17) is 17.7 Å². The van der Waals surface area contributed by atoms with Crippen LogP contribution < -0.4 is 4.57 Å². The van der Waals surface area contributed by atoms with Crippen molar-refractivity contribution in [2.75, 3.05) is 0 Å². The molecule has 0 bridgehead atoms. The number of rotatable bonds is 7. The maximum Gasteiger partial charge on any atom is 0.485 e. The highest BCUT2D eigenvalue weighted by Gasteiger charge is 2.60. The third-order valence-electron chi connectivity index (χ3n) is 7.28. The summed E-state index contributed by atoms with van der Waals surface area (Å²) in [6.45, 7) is 4.32. The fraction of sp³-hybridized carbons (Fsp3) is 0.500. The van der Waals surface area contributed by atoms with E-state index < -0.39 is 38.5 Å². The van der Waals surface area contributed by atoms with Crippen LogP contribution in [0.3, 0.4) is 0 Å². The van der Waals surface area contributed by atoms with Crippen molar-refractivity contribution in [3.63, 3.8) is 0 Å². The quantitative estimate of drug-likeness (QED) is 0.0874. The fourth-order valence-corrected chi connectivity index (χ4v) is 6.83. The Hall–Kier alpha value is -3.55. The molecule has 19 heteroatoms. The van der Waals surface area contributed by atoms with Crippen LogP contribution in [0.1, 0.15) is 36.9 Å². The number of amides is 1. The number of hydrogen-bond acceptors (Lipinski definition) is 11. The van der Waals surface area contributed by atoms with Crippen molar-refractivity contribution in [2.24, 2.45) is 18.9 Å². The van der Waals surface area contributed by atoms with Gasteiger partial charge in [0.05, 0.1) is 36.6 Å². The highest BCUT2D eigenvalue weighted by atomic mass is 32.2. The third kappa shape index (κ3) is 6.24. The first-order chi connectivity index (χ1) is 19.9. The number of aryl methyl sites for hydroxylation is 2. The number of hydrogen-bond donors (Lipinski definition) is 1. The van der Waals surface area contributed by atoms with Gasteiger partial charge in [0.15, 0.2) is 10.1 Å². The average Bonchev–Trinajstić information content (AvgIpc) is 3.55. The van der Waals surface area contributed by atoms with Gasteiger partial charge in [0.1, 0.15) is 17.6 Å². The minimum atomic E-state index is -6.09. The number of nitro benzene ring substituents is 1. The van der Waals surface area contributed by atoms with E-state index in [2.05, 4.69) is 9.67 Å². The number of aliphatic hydroxyl groups is 1. The van der Waals surface area contributed by atoms with Crippen molar-refractivity contribution >= 4 is 39.4 Å². The van der Waals surface area contributed by atoms with Gasteiger partial charge < -0.3 is 19.3 Å². The van der Waals surface area contributed by atoms with Gasteiger partial charge in [0, 0.05) is 34.5 Å². The van der Waals surface area contributed by atoms with Crippen LogP contribution >= 0.6 is 11.8 Å². The molecule has 1 amide bonds. The van der Waals surface area contributed by atoms with Crippen LogP contribution in [-0.2, 0) is 44.6 Å². The summed E-state index contributed by atoms with van der Waals surface area (Å²) in [5, 5.41) is 25.5. The topological polar surface area (TPSA) is 189 Å². The van der Waals surface area contributed by atoms with Gasteiger partial charge in [-0.2, -0.15) is 13.2 Å². The smallest absolute Gasteiger partial charge is 0.485 e. The maximum absolute atomic E-state index is 13.3. The number of fused-ring (bicyclic) bond motifs is 2. The lowest BCUT2D eigenvalue weighted by Crippen LogP contribution is -2.63. The van der Waals surface area contributed by atoms with Crippen LogP contribution in [0.25, 0.3) is 0 Å². The minimum Gasteiger partial charge on any atom is -0.741 e. The zero-order valence-electron chi connectivity index (χ0n) is 22.8. The standard InChI is InChI=1S/C23H26N5O6S.CHF3O3S/c1-12-18-17(13(2)29)22(30)27(18)19(20(12)35-16-8-9-26-11-24-25(3)21(16)26)23(31)34-10-14-4-6-15(7-5-14)28(32)33;2-1(3,4)8(5,6)7/h4-7,11-13,16-18,29H,8-10H2,1-3H3;(H,5,6,7)/q+1;/p-1/t12-,13-,16?,17-,18-;/m1./s1. The molecule has 5 atom stereocenters. The molecular formula is C24H26F3N5O9S2. The summed E-state index contributed by atoms with van der Waals surface area (Å²) in [5.41, 5.74) is -4.86. The molecule has 14 nitrogen and oxygen atoms in total. The molecule has 43 heavy (non-hydrogen) atoms. The zero-order chi connectivity index (χ0) is 32.0. The summed E-state index contributed by atoms with van der Waals surface area (Å²) in [4.78, 5) is 38.9. The predicted octanol–water partition coefficient (Wildman–Crippen LogP) is 1.66. The van der Waals surface area contributed by atoms with Crippen LogP contribution in [0.4, 0.5) is 18.9 Å². The molecule has 234 valence electrons. The Morgan fingerprint density at radius 3 is 2.47 bits per heavy atom. The fourth-order valence-electron chi connectivity index (χ4n) is 5.26. The number of aromatic nitrogens is 3. The Morgan fingerprint density at radius 1 is 1.33 bits per heavy atom. The molecule has 1 saturated heterocycles. The molecule has 0 saturated carbocycles. The first-order valence-electron chi connectivity index (χ1n) is 12.7. The molecule has 1 aromatic carbocycles. The Morgan fingerprint density at radius 2 is 1.93 bits per heavy atom. The molecule has 1 unspecified atom stereocenters. The number of nitrogens with zero attached hydrogens (tertiary/aromatic N) is 5. The summed E-state index contributed by atoms with van der Waals surface area (Å²) in [6.07, 6.45) is 1.84. The van der Waals surface area contributed by atoms with Crippen molar-refractivity contribution in [1.29, 1.82) is 0 Å². The number of β-lactam (4-membered cyclic amide) rings is 1. The van der Waals surface area contributed by atoms with Crippen LogP contribution in [0.15, 0.2) is 41.2 Å². The second kappa shape index (κ2) is 11.9. The van der Waals surface area contributed by atoms with Gasteiger partial charge in [-0.3, -0.25) is 14.9 Å². The molecule has 4 heterocycles.